The highest BCUT2D eigenvalue weighted by molar-refractivity contribution is 7.80. The summed E-state index contributed by atoms with van der Waals surface area (Å²) in [6, 6.07) is 5.58. The summed E-state index contributed by atoms with van der Waals surface area (Å²) < 4.78 is 0. The van der Waals surface area contributed by atoms with Crippen LogP contribution < -0.4 is 11.2 Å². The van der Waals surface area contributed by atoms with Gasteiger partial charge >= 0.3 is 0 Å². The third-order valence-corrected chi connectivity index (χ3v) is 2.30. The number of H-pyrrole nitrogens is 1. The predicted molar refractivity (Wildman–Crippen MR) is 68.6 cm³/mol. The van der Waals surface area contributed by atoms with Crippen molar-refractivity contribution in [1.29, 1.82) is 0 Å². The van der Waals surface area contributed by atoms with Crippen LogP contribution in [0.3, 0.4) is 0 Å². The number of fused-ring (bicyclic) bond motifs is 1. The second kappa shape index (κ2) is 4.46. The molecule has 5 nitrogen and oxygen atoms in total. The number of halogens is 1. The zero-order valence-corrected chi connectivity index (χ0v) is 9.64. The molecule has 2 aromatic rings. The van der Waals surface area contributed by atoms with Crippen LogP contribution in [0, 0.1) is 0 Å². The molecular formula is C9H8ClN5S. The minimum atomic E-state index is 0.124. The average molecular weight is 254 g/mol. The molecule has 0 amide bonds. The number of hydrogen-bond acceptors (Lipinski definition) is 3. The molecule has 0 aliphatic heterocycles. The van der Waals surface area contributed by atoms with Gasteiger partial charge in [0.2, 0.25) is 0 Å². The van der Waals surface area contributed by atoms with Crippen LogP contribution in [-0.2, 0) is 0 Å². The van der Waals surface area contributed by atoms with E-state index in [0.29, 0.717) is 5.15 Å². The second-order valence-corrected chi connectivity index (χ2v) is 3.87. The molecule has 1 aromatic carbocycles. The fourth-order valence-electron chi connectivity index (χ4n) is 1.25. The summed E-state index contributed by atoms with van der Waals surface area (Å²) >= 11 is 10.5. The van der Waals surface area contributed by atoms with Crippen molar-refractivity contribution in [3.63, 3.8) is 0 Å². The highest BCUT2D eigenvalue weighted by Crippen LogP contribution is 2.20. The molecule has 0 unspecified atom stereocenters. The van der Waals surface area contributed by atoms with Crippen molar-refractivity contribution >= 4 is 46.0 Å². The van der Waals surface area contributed by atoms with Crippen LogP contribution in [0.5, 0.6) is 0 Å². The van der Waals surface area contributed by atoms with Gasteiger partial charge < -0.3 is 5.73 Å². The average Bonchev–Trinajstić information content (AvgIpc) is 2.60. The van der Waals surface area contributed by atoms with Crippen LogP contribution in [-0.4, -0.2) is 21.5 Å². The first-order valence-electron chi connectivity index (χ1n) is 4.39. The van der Waals surface area contributed by atoms with Gasteiger partial charge in [0.05, 0.1) is 11.7 Å². The second-order valence-electron chi connectivity index (χ2n) is 3.05. The van der Waals surface area contributed by atoms with E-state index in [-0.39, 0.29) is 5.11 Å². The first kappa shape index (κ1) is 10.8. The molecule has 7 heteroatoms. The predicted octanol–water partition coefficient (Wildman–Crippen LogP) is 1.38. The van der Waals surface area contributed by atoms with E-state index in [4.69, 9.17) is 17.3 Å². The summed E-state index contributed by atoms with van der Waals surface area (Å²) in [5.74, 6) is 0. The van der Waals surface area contributed by atoms with Crippen LogP contribution in [0.25, 0.3) is 10.9 Å². The highest BCUT2D eigenvalue weighted by Gasteiger charge is 2.02. The minimum Gasteiger partial charge on any atom is -0.375 e. The van der Waals surface area contributed by atoms with E-state index in [1.165, 1.54) is 0 Å². The van der Waals surface area contributed by atoms with Crippen LogP contribution in [0.2, 0.25) is 5.15 Å². The maximum Gasteiger partial charge on any atom is 0.184 e. The van der Waals surface area contributed by atoms with Gasteiger partial charge in [-0.1, -0.05) is 17.7 Å². The van der Waals surface area contributed by atoms with Crippen LogP contribution >= 0.6 is 23.8 Å². The van der Waals surface area contributed by atoms with Gasteiger partial charge in [0.15, 0.2) is 5.11 Å². The Kier molecular flexibility index (Phi) is 3.02. The summed E-state index contributed by atoms with van der Waals surface area (Å²) in [4.78, 5) is 0. The van der Waals surface area contributed by atoms with Gasteiger partial charge in [0.1, 0.15) is 5.15 Å². The molecule has 0 atom stereocenters. The van der Waals surface area contributed by atoms with Crippen molar-refractivity contribution in [2.75, 3.05) is 0 Å². The fourth-order valence-corrected chi connectivity index (χ4v) is 1.49. The van der Waals surface area contributed by atoms with E-state index in [9.17, 15) is 0 Å². The number of thiocarbonyl (C=S) groups is 1. The number of benzene rings is 1. The number of aromatic amines is 1. The number of hydrazone groups is 1. The number of hydrogen-bond donors (Lipinski definition) is 3. The van der Waals surface area contributed by atoms with Gasteiger partial charge in [-0.15, -0.1) is 0 Å². The van der Waals surface area contributed by atoms with Crippen molar-refractivity contribution in [3.8, 4) is 0 Å². The summed E-state index contributed by atoms with van der Waals surface area (Å²) in [6.45, 7) is 0. The van der Waals surface area contributed by atoms with Crippen LogP contribution in [0.1, 0.15) is 5.56 Å². The lowest BCUT2D eigenvalue weighted by atomic mass is 10.2. The fraction of sp³-hybridized carbons (Fsp3) is 0. The molecule has 0 aliphatic rings. The summed E-state index contributed by atoms with van der Waals surface area (Å²) in [6.07, 6.45) is 1.60. The van der Waals surface area contributed by atoms with Crippen molar-refractivity contribution in [2.24, 2.45) is 10.8 Å². The van der Waals surface area contributed by atoms with Crippen molar-refractivity contribution in [1.82, 2.24) is 15.6 Å². The molecule has 0 spiro atoms. The normalized spacial score (nSPS) is 11.1. The molecular weight excluding hydrogens is 246 g/mol. The van der Waals surface area contributed by atoms with E-state index >= 15 is 0 Å². The van der Waals surface area contributed by atoms with Gasteiger partial charge in [-0.2, -0.15) is 10.2 Å². The van der Waals surface area contributed by atoms with Gasteiger partial charge in [0.25, 0.3) is 0 Å². The Balaban J connectivity index is 2.28. The van der Waals surface area contributed by atoms with E-state index < -0.39 is 0 Å². The Morgan fingerprint density at radius 1 is 1.62 bits per heavy atom. The molecule has 16 heavy (non-hydrogen) atoms. The van der Waals surface area contributed by atoms with Gasteiger partial charge in [-0.05, 0) is 29.9 Å². The van der Waals surface area contributed by atoms with E-state index in [1.54, 1.807) is 6.21 Å². The lowest BCUT2D eigenvalue weighted by Crippen LogP contribution is -2.23. The first-order valence-corrected chi connectivity index (χ1v) is 5.17. The number of rotatable bonds is 2. The van der Waals surface area contributed by atoms with Gasteiger partial charge in [0, 0.05) is 5.39 Å². The highest BCUT2D eigenvalue weighted by atomic mass is 35.5. The van der Waals surface area contributed by atoms with Crippen LogP contribution in [0.4, 0.5) is 0 Å². The molecule has 4 N–H and O–H groups in total. The Morgan fingerprint density at radius 3 is 3.19 bits per heavy atom. The number of nitrogens with two attached hydrogens (primary N) is 1. The van der Waals surface area contributed by atoms with Crippen LogP contribution in [0.15, 0.2) is 23.3 Å². The van der Waals surface area contributed by atoms with Gasteiger partial charge in [-0.3, -0.25) is 10.5 Å². The summed E-state index contributed by atoms with van der Waals surface area (Å²) in [7, 11) is 0. The number of nitrogens with zero attached hydrogens (tertiary/aromatic N) is 2. The first-order chi connectivity index (χ1) is 7.66. The molecule has 82 valence electrons. The Bertz CT molecular complexity index is 562. The Hall–Kier alpha value is -1.66. The van der Waals surface area contributed by atoms with Gasteiger partial charge in [-0.25, -0.2) is 0 Å². The molecule has 1 heterocycles. The van der Waals surface area contributed by atoms with Crippen molar-refractivity contribution in [3.05, 3.63) is 28.9 Å². The minimum absolute atomic E-state index is 0.124. The summed E-state index contributed by atoms with van der Waals surface area (Å²) in [5.41, 5.74) is 9.38. The quantitative estimate of drug-likeness (QED) is 0.429. The molecule has 2 rings (SSSR count). The largest absolute Gasteiger partial charge is 0.375 e. The lowest BCUT2D eigenvalue weighted by Gasteiger charge is -1.95. The maximum atomic E-state index is 5.91. The van der Waals surface area contributed by atoms with Crippen molar-refractivity contribution in [2.45, 2.75) is 0 Å². The van der Waals surface area contributed by atoms with Crippen molar-refractivity contribution < 1.29 is 0 Å². The van der Waals surface area contributed by atoms with E-state index in [1.807, 2.05) is 18.2 Å². The lowest BCUT2D eigenvalue weighted by molar-refractivity contribution is 1.04. The number of nitrogens with one attached hydrogen (secondary N) is 2. The van der Waals surface area contributed by atoms with E-state index in [2.05, 4.69) is 32.9 Å². The Morgan fingerprint density at radius 2 is 2.44 bits per heavy atom. The zero-order valence-electron chi connectivity index (χ0n) is 8.07. The smallest absolute Gasteiger partial charge is 0.184 e. The molecule has 0 radical (unpaired) electrons. The zero-order chi connectivity index (χ0) is 11.5. The topological polar surface area (TPSA) is 79.1 Å². The van der Waals surface area contributed by atoms with E-state index in [0.717, 1.165) is 16.5 Å². The summed E-state index contributed by atoms with van der Waals surface area (Å²) in [5, 5.41) is 12.0. The SMILES string of the molecule is NC(=S)NN=Cc1ccc2n[nH]c(Cl)c2c1. The Labute approximate surface area is 102 Å². The monoisotopic (exact) mass is 253 g/mol. The molecule has 0 saturated carbocycles. The third kappa shape index (κ3) is 2.29. The molecule has 0 fully saturated rings. The molecule has 1 aromatic heterocycles. The number of aromatic nitrogens is 2. The molecule has 0 saturated heterocycles. The third-order valence-electron chi connectivity index (χ3n) is 1.92. The molecule has 0 bridgehead atoms. The standard InChI is InChI=1S/C9H8ClN5S/c10-8-6-3-5(4-12-15-9(11)16)1-2-7(6)13-14-8/h1-4H,(H,13,14)(H3,11,15,16). The molecule has 0 aliphatic carbocycles. The maximum absolute atomic E-state index is 5.91.